The lowest BCUT2D eigenvalue weighted by Crippen LogP contribution is -2.10. The topological polar surface area (TPSA) is 67.7 Å². The zero-order valence-electron chi connectivity index (χ0n) is 16.7. The highest BCUT2D eigenvalue weighted by Gasteiger charge is 2.29. The summed E-state index contributed by atoms with van der Waals surface area (Å²) in [6.45, 7) is 6.86. The van der Waals surface area contributed by atoms with E-state index in [2.05, 4.69) is 27.2 Å². The van der Waals surface area contributed by atoms with Crippen molar-refractivity contribution in [2.24, 2.45) is 0 Å². The summed E-state index contributed by atoms with van der Waals surface area (Å²) in [7, 11) is 1.86. The Labute approximate surface area is 169 Å². The molecule has 0 fully saturated rings. The van der Waals surface area contributed by atoms with Crippen LogP contribution in [-0.4, -0.2) is 26.6 Å². The predicted molar refractivity (Wildman–Crippen MR) is 112 cm³/mol. The molecule has 7 heteroatoms. The van der Waals surface area contributed by atoms with Crippen molar-refractivity contribution in [1.82, 2.24) is 19.5 Å². The molecular weight excluding hydrogens is 367 g/mol. The average Bonchev–Trinajstić information content (AvgIpc) is 3.32. The number of hydrogen-bond acceptors (Lipinski definition) is 5. The highest BCUT2D eigenvalue weighted by molar-refractivity contribution is 5.56. The van der Waals surface area contributed by atoms with Gasteiger partial charge in [-0.25, -0.2) is 14.4 Å². The zero-order chi connectivity index (χ0) is 20.4. The van der Waals surface area contributed by atoms with Gasteiger partial charge in [-0.1, -0.05) is 18.7 Å². The van der Waals surface area contributed by atoms with Crippen molar-refractivity contribution < 1.29 is 4.39 Å². The molecule has 4 rings (SSSR count). The number of rotatable bonds is 7. The van der Waals surface area contributed by atoms with Crippen molar-refractivity contribution in [3.05, 3.63) is 77.4 Å². The van der Waals surface area contributed by atoms with E-state index >= 15 is 0 Å². The number of nitrogens with one attached hydrogen (secondary N) is 2. The molecule has 0 bridgehead atoms. The minimum atomic E-state index is -0.222. The Morgan fingerprint density at radius 3 is 2.93 bits per heavy atom. The molecule has 3 aromatic rings. The van der Waals surface area contributed by atoms with Crippen LogP contribution in [0.2, 0.25) is 0 Å². The number of allylic oxidation sites excluding steroid dienone is 1. The number of benzene rings is 1. The Kier molecular flexibility index (Phi) is 5.29. The molecule has 0 aliphatic heterocycles. The number of anilines is 2. The van der Waals surface area contributed by atoms with E-state index in [-0.39, 0.29) is 11.7 Å². The Hall–Kier alpha value is -3.22. The average molecular weight is 392 g/mol. The van der Waals surface area contributed by atoms with Crippen LogP contribution in [0.3, 0.4) is 0 Å². The fourth-order valence-electron chi connectivity index (χ4n) is 3.85. The van der Waals surface area contributed by atoms with Crippen LogP contribution in [0.5, 0.6) is 0 Å². The molecule has 2 aromatic heterocycles. The van der Waals surface area contributed by atoms with Crippen molar-refractivity contribution in [3.8, 4) is 0 Å². The number of halogens is 1. The first kappa shape index (κ1) is 19.1. The fourth-order valence-corrected chi connectivity index (χ4v) is 3.85. The first-order chi connectivity index (χ1) is 14.0. The van der Waals surface area contributed by atoms with Crippen molar-refractivity contribution in [2.75, 3.05) is 17.7 Å². The van der Waals surface area contributed by atoms with E-state index in [9.17, 15) is 4.39 Å². The number of aryl methyl sites for hydroxylation is 2. The smallest absolute Gasteiger partial charge is 0.229 e. The summed E-state index contributed by atoms with van der Waals surface area (Å²) in [6, 6.07) is 6.78. The van der Waals surface area contributed by atoms with Crippen LogP contribution < -0.4 is 10.6 Å². The monoisotopic (exact) mass is 392 g/mol. The lowest BCUT2D eigenvalue weighted by Gasteiger charge is -2.15. The molecular formula is C22H25FN6. The number of hydrogen-bond donors (Lipinski definition) is 2. The summed E-state index contributed by atoms with van der Waals surface area (Å²) in [5.74, 6) is 1.18. The van der Waals surface area contributed by atoms with Gasteiger partial charge in [0, 0.05) is 43.4 Å². The lowest BCUT2D eigenvalue weighted by molar-refractivity contribution is 0.622. The highest BCUT2D eigenvalue weighted by atomic mass is 19.1. The number of imidazole rings is 1. The van der Waals surface area contributed by atoms with Crippen molar-refractivity contribution >= 4 is 11.8 Å². The van der Waals surface area contributed by atoms with E-state index < -0.39 is 0 Å². The van der Waals surface area contributed by atoms with Gasteiger partial charge in [0.25, 0.3) is 0 Å². The molecule has 1 atom stereocenters. The minimum absolute atomic E-state index is 0.0681. The highest BCUT2D eigenvalue weighted by Crippen LogP contribution is 2.40. The fraction of sp³-hybridized carbons (Fsp3) is 0.318. The van der Waals surface area contributed by atoms with Gasteiger partial charge in [0.15, 0.2) is 0 Å². The van der Waals surface area contributed by atoms with Crippen molar-refractivity contribution in [2.45, 2.75) is 38.6 Å². The first-order valence-electron chi connectivity index (χ1n) is 9.80. The van der Waals surface area contributed by atoms with E-state index in [1.807, 2.05) is 37.1 Å². The first-order valence-corrected chi connectivity index (χ1v) is 9.80. The molecule has 6 nitrogen and oxygen atoms in total. The molecule has 0 amide bonds. The van der Waals surface area contributed by atoms with Gasteiger partial charge in [0.05, 0.1) is 17.7 Å². The molecule has 0 saturated carbocycles. The van der Waals surface area contributed by atoms with Crippen LogP contribution in [0.15, 0.2) is 49.1 Å². The maximum atomic E-state index is 13.7. The van der Waals surface area contributed by atoms with Crippen LogP contribution in [0.25, 0.3) is 0 Å². The summed E-state index contributed by atoms with van der Waals surface area (Å²) in [5, 5.41) is 6.42. The maximum Gasteiger partial charge on any atom is 0.229 e. The largest absolute Gasteiger partial charge is 0.373 e. The summed E-state index contributed by atoms with van der Waals surface area (Å²) in [5.41, 5.74) is 4.83. The van der Waals surface area contributed by atoms with Gasteiger partial charge in [-0.2, -0.15) is 4.98 Å². The number of fused-ring (bicyclic) bond motifs is 1. The Morgan fingerprint density at radius 1 is 1.34 bits per heavy atom. The third-order valence-corrected chi connectivity index (χ3v) is 5.26. The van der Waals surface area contributed by atoms with Gasteiger partial charge < -0.3 is 15.2 Å². The van der Waals surface area contributed by atoms with Crippen LogP contribution >= 0.6 is 0 Å². The van der Waals surface area contributed by atoms with Gasteiger partial charge in [-0.15, -0.1) is 0 Å². The van der Waals surface area contributed by atoms with E-state index in [1.54, 1.807) is 12.1 Å². The molecule has 1 aliphatic rings. The van der Waals surface area contributed by atoms with Gasteiger partial charge >= 0.3 is 0 Å². The van der Waals surface area contributed by atoms with E-state index in [0.29, 0.717) is 5.95 Å². The number of aromatic nitrogens is 4. The Bertz CT molecular complexity index is 1040. The molecule has 1 aliphatic carbocycles. The molecule has 2 N–H and O–H groups in total. The van der Waals surface area contributed by atoms with Crippen LogP contribution in [-0.2, 0) is 13.0 Å². The molecule has 1 aromatic carbocycles. The summed E-state index contributed by atoms with van der Waals surface area (Å²) < 4.78 is 15.8. The third kappa shape index (κ3) is 4.13. The summed E-state index contributed by atoms with van der Waals surface area (Å²) in [4.78, 5) is 13.6. The van der Waals surface area contributed by atoms with Crippen LogP contribution in [0, 0.1) is 12.7 Å². The standard InChI is InChI=1S/C22H25FN6/c1-14(9-10-29-12-15(2)25-13-29)26-22-27-20-18(16-5-4-6-17(23)11-16)7-8-19(20)21(24-3)28-22/h4-6,11-13,18H,1,7-10H2,2-3H3,(H2,24,26,27,28)/t18-/m1/s1. The van der Waals surface area contributed by atoms with Crippen molar-refractivity contribution in [3.63, 3.8) is 0 Å². The second-order valence-electron chi connectivity index (χ2n) is 7.39. The van der Waals surface area contributed by atoms with Crippen LogP contribution in [0.4, 0.5) is 16.2 Å². The SMILES string of the molecule is C=C(CCn1cnc(C)c1)Nc1nc(NC)c2c(n1)[C@@H](c1cccc(F)c1)CC2. The molecule has 150 valence electrons. The van der Waals surface area contributed by atoms with Gasteiger partial charge in [0.1, 0.15) is 11.6 Å². The molecule has 0 unspecified atom stereocenters. The Balaban J connectivity index is 1.54. The molecule has 0 radical (unpaired) electrons. The van der Waals surface area contributed by atoms with Crippen LogP contribution in [0.1, 0.15) is 41.3 Å². The Morgan fingerprint density at radius 2 is 2.21 bits per heavy atom. The molecule has 2 heterocycles. The van der Waals surface area contributed by atoms with E-state index in [1.165, 1.54) is 6.07 Å². The van der Waals surface area contributed by atoms with Gasteiger partial charge in [-0.3, -0.25) is 0 Å². The molecule has 0 spiro atoms. The zero-order valence-corrected chi connectivity index (χ0v) is 16.7. The molecule has 0 saturated heterocycles. The summed E-state index contributed by atoms with van der Waals surface area (Å²) >= 11 is 0. The predicted octanol–water partition coefficient (Wildman–Crippen LogP) is 4.26. The third-order valence-electron chi connectivity index (χ3n) is 5.26. The summed E-state index contributed by atoms with van der Waals surface area (Å²) in [6.07, 6.45) is 6.32. The van der Waals surface area contributed by atoms with E-state index in [4.69, 9.17) is 4.98 Å². The lowest BCUT2D eigenvalue weighted by atomic mass is 9.96. The second-order valence-corrected chi connectivity index (χ2v) is 7.39. The van der Waals surface area contributed by atoms with Gasteiger partial charge in [-0.05, 0) is 37.5 Å². The normalized spacial score (nSPS) is 15.2. The number of nitrogens with zero attached hydrogens (tertiary/aromatic N) is 4. The van der Waals surface area contributed by atoms with Crippen molar-refractivity contribution in [1.29, 1.82) is 0 Å². The van der Waals surface area contributed by atoms with E-state index in [0.717, 1.165) is 59.8 Å². The maximum absolute atomic E-state index is 13.7. The second kappa shape index (κ2) is 8.03. The quantitative estimate of drug-likeness (QED) is 0.629. The molecule has 29 heavy (non-hydrogen) atoms. The van der Waals surface area contributed by atoms with Gasteiger partial charge in [0.2, 0.25) is 5.95 Å². The minimum Gasteiger partial charge on any atom is -0.373 e.